The predicted octanol–water partition coefficient (Wildman–Crippen LogP) is 2.94. The Balaban J connectivity index is 1.92. The van der Waals surface area contributed by atoms with Gasteiger partial charge in [-0.15, -0.1) is 0 Å². The molecule has 0 radical (unpaired) electrons. The number of hydrogen-bond donors (Lipinski definition) is 1. The van der Waals surface area contributed by atoms with Crippen LogP contribution < -0.4 is 0 Å². The Bertz CT molecular complexity index is 661. The van der Waals surface area contributed by atoms with E-state index in [9.17, 15) is 22.6 Å². The maximum Gasteiger partial charge on any atom is 0.334 e. The number of carbonyl (C=O) groups excluding carboxylic acids is 2. The molecule has 8 heteroatoms. The minimum Gasteiger partial charge on any atom is -0.457 e. The lowest BCUT2D eigenvalue weighted by atomic mass is 10.1. The Morgan fingerprint density at radius 3 is 2.54 bits per heavy atom. The number of carbonyl (C=O) groups is 2. The van der Waals surface area contributed by atoms with Crippen LogP contribution in [-0.2, 0) is 29.2 Å². The number of allylic oxidation sites excluding steroid dienone is 1. The minimum absolute atomic E-state index is 0.410. The Morgan fingerprint density at radius 2 is 1.96 bits per heavy atom. The molecule has 2 rings (SSSR count). The van der Waals surface area contributed by atoms with Gasteiger partial charge in [-0.2, -0.15) is 8.42 Å². The van der Waals surface area contributed by atoms with Crippen molar-refractivity contribution < 1.29 is 32.0 Å². The third kappa shape index (κ3) is 5.30. The standard InChI is InChI=1S/C18H28O7S/c1-3-4-5-6-7-8-9-13(2)17(20)25-18(10-11-18)16-14(26(21,22)23)12-15(19)24-16/h9,14,16H,3-8,10-12H2,1-2H3,(H,21,22,23)/b13-9+. The molecule has 0 aromatic carbocycles. The van der Waals surface area contributed by atoms with E-state index in [4.69, 9.17) is 9.47 Å². The fourth-order valence-corrected chi connectivity index (χ4v) is 4.19. The van der Waals surface area contributed by atoms with Crippen LogP contribution in [0.1, 0.15) is 71.6 Å². The molecule has 2 unspecified atom stereocenters. The van der Waals surface area contributed by atoms with Gasteiger partial charge >= 0.3 is 11.9 Å². The van der Waals surface area contributed by atoms with Gasteiger partial charge in [0, 0.05) is 5.57 Å². The first-order chi connectivity index (χ1) is 12.2. The fourth-order valence-electron chi connectivity index (χ4n) is 3.23. The van der Waals surface area contributed by atoms with E-state index in [1.807, 2.05) is 6.08 Å². The number of rotatable bonds is 10. The molecule has 7 nitrogen and oxygen atoms in total. The lowest BCUT2D eigenvalue weighted by Crippen LogP contribution is -2.43. The molecule has 0 spiro atoms. The highest BCUT2D eigenvalue weighted by Crippen LogP contribution is 2.49. The highest BCUT2D eigenvalue weighted by Gasteiger charge is 2.63. The van der Waals surface area contributed by atoms with Crippen LogP contribution in [-0.4, -0.2) is 41.9 Å². The third-order valence-corrected chi connectivity index (χ3v) is 6.16. The third-order valence-electron chi connectivity index (χ3n) is 4.98. The summed E-state index contributed by atoms with van der Waals surface area (Å²) in [5.74, 6) is -1.24. The van der Waals surface area contributed by atoms with Crippen molar-refractivity contribution in [1.82, 2.24) is 0 Å². The zero-order valence-electron chi connectivity index (χ0n) is 15.4. The molecule has 1 saturated carbocycles. The minimum atomic E-state index is -4.46. The molecule has 2 fully saturated rings. The van der Waals surface area contributed by atoms with E-state index in [0.717, 1.165) is 19.3 Å². The summed E-state index contributed by atoms with van der Waals surface area (Å²) in [6, 6.07) is 0. The zero-order chi connectivity index (χ0) is 19.4. The summed E-state index contributed by atoms with van der Waals surface area (Å²) < 4.78 is 42.9. The maximum absolute atomic E-state index is 12.3. The van der Waals surface area contributed by atoms with E-state index < -0.39 is 45.4 Å². The number of cyclic esters (lactones) is 1. The van der Waals surface area contributed by atoms with Gasteiger partial charge in [-0.05, 0) is 32.6 Å². The first kappa shape index (κ1) is 20.9. The Labute approximate surface area is 154 Å². The van der Waals surface area contributed by atoms with Crippen LogP contribution in [0, 0.1) is 0 Å². The summed E-state index contributed by atoms with van der Waals surface area (Å²) in [4.78, 5) is 23.8. The summed E-state index contributed by atoms with van der Waals surface area (Å²) in [5, 5.41) is -1.38. The van der Waals surface area contributed by atoms with E-state index in [2.05, 4.69) is 6.92 Å². The molecule has 0 aromatic rings. The van der Waals surface area contributed by atoms with Crippen LogP contribution in [0.2, 0.25) is 0 Å². The molecular weight excluding hydrogens is 360 g/mol. The van der Waals surface area contributed by atoms with Crippen LogP contribution in [0.5, 0.6) is 0 Å². The normalized spacial score (nSPS) is 25.0. The van der Waals surface area contributed by atoms with Crippen LogP contribution in [0.25, 0.3) is 0 Å². The smallest absolute Gasteiger partial charge is 0.334 e. The lowest BCUT2D eigenvalue weighted by molar-refractivity contribution is -0.161. The van der Waals surface area contributed by atoms with Gasteiger partial charge < -0.3 is 9.47 Å². The quantitative estimate of drug-likeness (QED) is 0.265. The Kier molecular flexibility index (Phi) is 6.85. The van der Waals surface area contributed by atoms with Crippen molar-refractivity contribution in [3.63, 3.8) is 0 Å². The monoisotopic (exact) mass is 388 g/mol. The van der Waals surface area contributed by atoms with E-state index in [1.54, 1.807) is 6.92 Å². The van der Waals surface area contributed by atoms with Crippen molar-refractivity contribution in [2.75, 3.05) is 0 Å². The molecule has 0 amide bonds. The van der Waals surface area contributed by atoms with Gasteiger partial charge in [-0.25, -0.2) is 4.79 Å². The number of unbranched alkanes of at least 4 members (excludes halogenated alkanes) is 5. The molecule has 2 aliphatic rings. The number of hydrogen-bond acceptors (Lipinski definition) is 6. The molecule has 148 valence electrons. The Hall–Kier alpha value is -1.41. The van der Waals surface area contributed by atoms with E-state index in [1.165, 1.54) is 19.3 Å². The van der Waals surface area contributed by atoms with Gasteiger partial charge in [0.05, 0.1) is 6.42 Å². The summed E-state index contributed by atoms with van der Waals surface area (Å²) in [6.07, 6.45) is 7.55. The molecule has 0 aromatic heterocycles. The largest absolute Gasteiger partial charge is 0.457 e. The number of esters is 2. The molecule has 0 bridgehead atoms. The zero-order valence-corrected chi connectivity index (χ0v) is 16.2. The highest BCUT2D eigenvalue weighted by molar-refractivity contribution is 7.86. The van der Waals surface area contributed by atoms with Crippen LogP contribution in [0.3, 0.4) is 0 Å². The molecule has 1 N–H and O–H groups in total. The summed E-state index contributed by atoms with van der Waals surface area (Å²) >= 11 is 0. The van der Waals surface area contributed by atoms with Crippen molar-refractivity contribution >= 4 is 22.1 Å². The first-order valence-corrected chi connectivity index (χ1v) is 10.8. The van der Waals surface area contributed by atoms with Crippen molar-refractivity contribution in [3.8, 4) is 0 Å². The lowest BCUT2D eigenvalue weighted by Gasteiger charge is -2.25. The summed E-state index contributed by atoms with van der Waals surface area (Å²) in [7, 11) is -4.46. The van der Waals surface area contributed by atoms with Gasteiger partial charge in [0.1, 0.15) is 5.25 Å². The van der Waals surface area contributed by atoms with Crippen molar-refractivity contribution in [1.29, 1.82) is 0 Å². The van der Waals surface area contributed by atoms with Gasteiger partial charge in [-0.1, -0.05) is 38.7 Å². The molecule has 26 heavy (non-hydrogen) atoms. The SMILES string of the molecule is CCCCCCC/C=C(\C)C(=O)OC1(C2OC(=O)CC2S(=O)(=O)O)CC1. The fraction of sp³-hybridized carbons (Fsp3) is 0.778. The molecule has 1 aliphatic heterocycles. The van der Waals surface area contributed by atoms with Crippen LogP contribution in [0.4, 0.5) is 0 Å². The average molecular weight is 388 g/mol. The second kappa shape index (κ2) is 8.52. The van der Waals surface area contributed by atoms with Crippen molar-refractivity contribution in [2.45, 2.75) is 88.6 Å². The highest BCUT2D eigenvalue weighted by atomic mass is 32.2. The summed E-state index contributed by atoms with van der Waals surface area (Å²) in [6.45, 7) is 3.81. The van der Waals surface area contributed by atoms with Crippen LogP contribution in [0.15, 0.2) is 11.6 Å². The molecular formula is C18H28O7S. The topological polar surface area (TPSA) is 107 Å². The van der Waals surface area contributed by atoms with Crippen LogP contribution >= 0.6 is 0 Å². The van der Waals surface area contributed by atoms with Crippen molar-refractivity contribution in [2.24, 2.45) is 0 Å². The van der Waals surface area contributed by atoms with Gasteiger partial charge in [0.2, 0.25) is 0 Å². The van der Waals surface area contributed by atoms with Gasteiger partial charge in [0.15, 0.2) is 11.7 Å². The van der Waals surface area contributed by atoms with E-state index >= 15 is 0 Å². The summed E-state index contributed by atoms with van der Waals surface area (Å²) in [5.41, 5.74) is -0.681. The molecule has 2 atom stereocenters. The van der Waals surface area contributed by atoms with Gasteiger partial charge in [-0.3, -0.25) is 9.35 Å². The second-order valence-corrected chi connectivity index (χ2v) is 8.85. The van der Waals surface area contributed by atoms with E-state index in [0.29, 0.717) is 18.4 Å². The average Bonchev–Trinajstić information content (AvgIpc) is 3.21. The second-order valence-electron chi connectivity index (χ2n) is 7.21. The predicted molar refractivity (Wildman–Crippen MR) is 95.0 cm³/mol. The molecule has 1 saturated heterocycles. The molecule has 1 heterocycles. The number of ether oxygens (including phenoxy) is 2. The first-order valence-electron chi connectivity index (χ1n) is 9.25. The van der Waals surface area contributed by atoms with Crippen molar-refractivity contribution in [3.05, 3.63) is 11.6 Å². The maximum atomic E-state index is 12.3. The van der Waals surface area contributed by atoms with Gasteiger partial charge in [0.25, 0.3) is 10.1 Å². The van der Waals surface area contributed by atoms with E-state index in [-0.39, 0.29) is 0 Å². The Morgan fingerprint density at radius 1 is 1.31 bits per heavy atom. The molecule has 1 aliphatic carbocycles.